The summed E-state index contributed by atoms with van der Waals surface area (Å²) in [5, 5.41) is 0. The summed E-state index contributed by atoms with van der Waals surface area (Å²) in [7, 11) is 0. The van der Waals surface area contributed by atoms with Crippen LogP contribution in [-0.4, -0.2) is 22.5 Å². The van der Waals surface area contributed by atoms with Crippen molar-refractivity contribution in [2.45, 2.75) is 52.6 Å². The normalized spacial score (nSPS) is 13.2. The lowest BCUT2D eigenvalue weighted by atomic mass is 10.2. The van der Waals surface area contributed by atoms with E-state index in [0.717, 1.165) is 36.5 Å². The Morgan fingerprint density at radius 1 is 1.35 bits per heavy atom. The summed E-state index contributed by atoms with van der Waals surface area (Å²) < 4.78 is 5.82. The van der Waals surface area contributed by atoms with Crippen LogP contribution in [0.5, 0.6) is 0 Å². The van der Waals surface area contributed by atoms with Crippen molar-refractivity contribution in [3.63, 3.8) is 0 Å². The van der Waals surface area contributed by atoms with E-state index < -0.39 is 0 Å². The number of nitrogens with two attached hydrogens (primary N) is 1. The Balaban J connectivity index is 2.14. The van der Waals surface area contributed by atoms with Gasteiger partial charge in [0.05, 0.1) is 6.54 Å². The van der Waals surface area contributed by atoms with Gasteiger partial charge in [0, 0.05) is 17.8 Å². The topological polar surface area (TPSA) is 55.3 Å². The first-order valence-electron chi connectivity index (χ1n) is 7.53. The minimum absolute atomic E-state index is 0.543. The minimum Gasteiger partial charge on any atom is -0.439 e. The number of hydrogen-bond acceptors (Lipinski definition) is 4. The molecule has 0 amide bonds. The van der Waals surface area contributed by atoms with Gasteiger partial charge in [-0.1, -0.05) is 20.3 Å². The van der Waals surface area contributed by atoms with Crippen LogP contribution in [0, 0.1) is 0 Å². The third kappa shape index (κ3) is 3.51. The highest BCUT2D eigenvalue weighted by molar-refractivity contribution is 5.76. The van der Waals surface area contributed by atoms with Crippen LogP contribution in [-0.2, 0) is 6.54 Å². The average Bonchev–Trinajstić information content (AvgIpc) is 2.84. The molecule has 1 unspecified atom stereocenters. The molecule has 0 saturated heterocycles. The van der Waals surface area contributed by atoms with Gasteiger partial charge in [-0.2, -0.15) is 0 Å². The Labute approximate surface area is 121 Å². The quantitative estimate of drug-likeness (QED) is 0.781. The minimum atomic E-state index is 0.543. The zero-order valence-electron chi connectivity index (χ0n) is 12.7. The van der Waals surface area contributed by atoms with Crippen LogP contribution in [0.4, 0.5) is 5.69 Å². The number of nitrogen functional groups attached to an aromatic ring is 1. The van der Waals surface area contributed by atoms with Crippen molar-refractivity contribution in [1.82, 2.24) is 9.88 Å². The maximum absolute atomic E-state index is 5.82. The fraction of sp³-hybridized carbons (Fsp3) is 0.562. The third-order valence-corrected chi connectivity index (χ3v) is 3.81. The number of rotatable bonds is 7. The molecule has 4 heteroatoms. The Bertz CT molecular complexity index is 550. The number of unbranched alkanes of at least 4 members (excludes halogenated alkanes) is 1. The van der Waals surface area contributed by atoms with Gasteiger partial charge in [0.2, 0.25) is 5.89 Å². The number of oxazole rings is 1. The van der Waals surface area contributed by atoms with Crippen molar-refractivity contribution in [1.29, 1.82) is 0 Å². The summed E-state index contributed by atoms with van der Waals surface area (Å²) >= 11 is 0. The third-order valence-electron chi connectivity index (χ3n) is 3.81. The first kappa shape index (κ1) is 14.9. The molecular formula is C16H25N3O. The molecule has 0 radical (unpaired) electrons. The highest BCUT2D eigenvalue weighted by Gasteiger charge is 2.15. The van der Waals surface area contributed by atoms with Crippen LogP contribution in [0.3, 0.4) is 0 Å². The second-order valence-electron chi connectivity index (χ2n) is 5.42. The van der Waals surface area contributed by atoms with E-state index >= 15 is 0 Å². The number of anilines is 1. The molecule has 2 rings (SSSR count). The molecule has 20 heavy (non-hydrogen) atoms. The molecule has 0 fully saturated rings. The van der Waals surface area contributed by atoms with Gasteiger partial charge in [-0.05, 0) is 38.4 Å². The zero-order valence-corrected chi connectivity index (χ0v) is 12.7. The molecule has 1 heterocycles. The molecule has 2 aromatic rings. The predicted octanol–water partition coefficient (Wildman–Crippen LogP) is 3.81. The fourth-order valence-corrected chi connectivity index (χ4v) is 2.30. The van der Waals surface area contributed by atoms with Crippen LogP contribution in [0.2, 0.25) is 0 Å². The van der Waals surface area contributed by atoms with E-state index in [1.165, 1.54) is 12.8 Å². The second-order valence-corrected chi connectivity index (χ2v) is 5.42. The molecule has 0 aliphatic rings. The fourth-order valence-electron chi connectivity index (χ4n) is 2.30. The summed E-state index contributed by atoms with van der Waals surface area (Å²) in [5.41, 5.74) is 8.15. The molecule has 4 nitrogen and oxygen atoms in total. The lowest BCUT2D eigenvalue weighted by molar-refractivity contribution is 0.176. The lowest BCUT2D eigenvalue weighted by Crippen LogP contribution is -2.33. The second kappa shape index (κ2) is 6.75. The van der Waals surface area contributed by atoms with Gasteiger partial charge in [-0.25, -0.2) is 4.98 Å². The number of nitrogens with zero attached hydrogens (tertiary/aromatic N) is 2. The van der Waals surface area contributed by atoms with Crippen LogP contribution in [0.15, 0.2) is 22.6 Å². The van der Waals surface area contributed by atoms with Gasteiger partial charge in [0.25, 0.3) is 0 Å². The first-order valence-corrected chi connectivity index (χ1v) is 7.53. The van der Waals surface area contributed by atoms with Crippen molar-refractivity contribution in [2.75, 3.05) is 12.3 Å². The van der Waals surface area contributed by atoms with Gasteiger partial charge in [0.1, 0.15) is 5.52 Å². The Morgan fingerprint density at radius 2 is 2.15 bits per heavy atom. The number of hydrogen-bond donors (Lipinski definition) is 1. The number of aromatic nitrogens is 1. The largest absolute Gasteiger partial charge is 0.439 e. The van der Waals surface area contributed by atoms with Crippen LogP contribution in [0.1, 0.15) is 45.9 Å². The van der Waals surface area contributed by atoms with Gasteiger partial charge in [-0.3, -0.25) is 4.90 Å². The van der Waals surface area contributed by atoms with Crippen molar-refractivity contribution in [3.8, 4) is 0 Å². The molecule has 1 atom stereocenters. The Kier molecular flexibility index (Phi) is 5.01. The van der Waals surface area contributed by atoms with E-state index in [1.807, 2.05) is 18.2 Å². The number of fused-ring (bicyclic) bond motifs is 1. The van der Waals surface area contributed by atoms with Gasteiger partial charge in [-0.15, -0.1) is 0 Å². The maximum atomic E-state index is 5.82. The van der Waals surface area contributed by atoms with Gasteiger partial charge < -0.3 is 10.2 Å². The van der Waals surface area contributed by atoms with Crippen LogP contribution in [0.25, 0.3) is 11.1 Å². The summed E-state index contributed by atoms with van der Waals surface area (Å²) in [4.78, 5) is 7.00. The highest BCUT2D eigenvalue weighted by atomic mass is 16.3. The van der Waals surface area contributed by atoms with E-state index in [1.54, 1.807) is 0 Å². The maximum Gasteiger partial charge on any atom is 0.209 e. The Morgan fingerprint density at radius 3 is 2.85 bits per heavy atom. The van der Waals surface area contributed by atoms with Gasteiger partial charge in [0.15, 0.2) is 5.58 Å². The van der Waals surface area contributed by atoms with Crippen LogP contribution < -0.4 is 5.73 Å². The van der Waals surface area contributed by atoms with E-state index in [-0.39, 0.29) is 0 Å². The average molecular weight is 275 g/mol. The zero-order chi connectivity index (χ0) is 14.5. The van der Waals surface area contributed by atoms with Crippen molar-refractivity contribution < 1.29 is 4.42 Å². The molecule has 2 N–H and O–H groups in total. The standard InChI is InChI=1S/C16H25N3O/c1-4-6-9-19(12(3)5-2)11-16-18-14-8-7-13(17)10-15(14)20-16/h7-8,10,12H,4-6,9,11,17H2,1-3H3. The molecule has 1 aromatic carbocycles. The molecule has 0 aliphatic heterocycles. The summed E-state index contributed by atoms with van der Waals surface area (Å²) in [6.45, 7) is 8.56. The highest BCUT2D eigenvalue weighted by Crippen LogP contribution is 2.20. The first-order chi connectivity index (χ1) is 9.63. The smallest absolute Gasteiger partial charge is 0.209 e. The van der Waals surface area contributed by atoms with E-state index in [9.17, 15) is 0 Å². The van der Waals surface area contributed by atoms with Crippen molar-refractivity contribution in [2.24, 2.45) is 0 Å². The summed E-state index contributed by atoms with van der Waals surface area (Å²) in [5.74, 6) is 0.780. The van der Waals surface area contributed by atoms with E-state index in [0.29, 0.717) is 11.7 Å². The predicted molar refractivity (Wildman–Crippen MR) is 83.5 cm³/mol. The van der Waals surface area contributed by atoms with Crippen LogP contribution >= 0.6 is 0 Å². The molecule has 1 aromatic heterocycles. The van der Waals surface area contributed by atoms with Crippen molar-refractivity contribution >= 4 is 16.8 Å². The molecule has 0 bridgehead atoms. The summed E-state index contributed by atoms with van der Waals surface area (Å²) in [6.07, 6.45) is 3.55. The lowest BCUT2D eigenvalue weighted by Gasteiger charge is -2.26. The van der Waals surface area contributed by atoms with E-state index in [2.05, 4.69) is 30.7 Å². The van der Waals surface area contributed by atoms with Crippen molar-refractivity contribution in [3.05, 3.63) is 24.1 Å². The monoisotopic (exact) mass is 275 g/mol. The van der Waals surface area contributed by atoms with E-state index in [4.69, 9.17) is 10.2 Å². The van der Waals surface area contributed by atoms with Gasteiger partial charge >= 0.3 is 0 Å². The number of benzene rings is 1. The molecule has 0 saturated carbocycles. The molecule has 0 aliphatic carbocycles. The molecule has 0 spiro atoms. The molecule has 110 valence electrons. The summed E-state index contributed by atoms with van der Waals surface area (Å²) in [6, 6.07) is 6.16. The Hall–Kier alpha value is -1.55. The SMILES string of the molecule is CCCCN(Cc1nc2ccc(N)cc2o1)C(C)CC. The molecular weight excluding hydrogens is 250 g/mol.